The Morgan fingerprint density at radius 2 is 1.88 bits per heavy atom. The lowest BCUT2D eigenvalue weighted by atomic mass is 10.00. The van der Waals surface area contributed by atoms with Crippen LogP contribution in [0.25, 0.3) is 0 Å². The predicted octanol–water partition coefficient (Wildman–Crippen LogP) is 3.20. The van der Waals surface area contributed by atoms with Crippen LogP contribution in [0.3, 0.4) is 0 Å². The van der Waals surface area contributed by atoms with E-state index in [-0.39, 0.29) is 6.04 Å². The number of rotatable bonds is 3. The molecule has 2 rings (SSSR count). The standard InChI is InChI=1S/C14H17NO/c1-3-11-4-6-12(7-5-11)14(15)13-8-10(2)16-9-13/h4-9,14H,3,15H2,1-2H3. The van der Waals surface area contributed by atoms with Crippen molar-refractivity contribution in [3.05, 3.63) is 59.0 Å². The molecular formula is C14H17NO. The van der Waals surface area contributed by atoms with E-state index in [2.05, 4.69) is 31.2 Å². The third-order valence-electron chi connectivity index (χ3n) is 2.86. The summed E-state index contributed by atoms with van der Waals surface area (Å²) in [6.07, 6.45) is 2.79. The van der Waals surface area contributed by atoms with Gasteiger partial charge in [0.05, 0.1) is 12.3 Å². The van der Waals surface area contributed by atoms with Gasteiger partial charge in [-0.05, 0) is 30.5 Å². The average Bonchev–Trinajstić information content (AvgIpc) is 2.75. The highest BCUT2D eigenvalue weighted by molar-refractivity contribution is 5.32. The summed E-state index contributed by atoms with van der Waals surface area (Å²) in [6.45, 7) is 4.07. The Morgan fingerprint density at radius 1 is 1.19 bits per heavy atom. The minimum absolute atomic E-state index is 0.0941. The van der Waals surface area contributed by atoms with Crippen molar-refractivity contribution in [1.29, 1.82) is 0 Å². The van der Waals surface area contributed by atoms with Gasteiger partial charge in [0.15, 0.2) is 0 Å². The highest BCUT2D eigenvalue weighted by Crippen LogP contribution is 2.21. The van der Waals surface area contributed by atoms with Gasteiger partial charge in [-0.25, -0.2) is 0 Å². The quantitative estimate of drug-likeness (QED) is 0.854. The first-order chi connectivity index (χ1) is 7.70. The Kier molecular flexibility index (Phi) is 3.11. The summed E-state index contributed by atoms with van der Waals surface area (Å²) in [6, 6.07) is 10.3. The summed E-state index contributed by atoms with van der Waals surface area (Å²) in [5.41, 5.74) is 9.65. The molecule has 1 heterocycles. The number of aryl methyl sites for hydroxylation is 2. The first-order valence-electron chi connectivity index (χ1n) is 5.60. The van der Waals surface area contributed by atoms with E-state index in [1.807, 2.05) is 13.0 Å². The molecule has 1 atom stereocenters. The van der Waals surface area contributed by atoms with E-state index in [0.717, 1.165) is 23.3 Å². The molecule has 0 aliphatic carbocycles. The van der Waals surface area contributed by atoms with Gasteiger partial charge in [-0.1, -0.05) is 31.2 Å². The predicted molar refractivity (Wildman–Crippen MR) is 65.3 cm³/mol. The molecule has 16 heavy (non-hydrogen) atoms. The Balaban J connectivity index is 2.23. The van der Waals surface area contributed by atoms with Gasteiger partial charge in [-0.3, -0.25) is 0 Å². The summed E-state index contributed by atoms with van der Waals surface area (Å²) in [7, 11) is 0. The zero-order chi connectivity index (χ0) is 11.5. The van der Waals surface area contributed by atoms with Crippen molar-refractivity contribution in [3.63, 3.8) is 0 Å². The second kappa shape index (κ2) is 4.54. The molecule has 0 saturated carbocycles. The van der Waals surface area contributed by atoms with Crippen molar-refractivity contribution in [2.45, 2.75) is 26.3 Å². The van der Waals surface area contributed by atoms with Crippen LogP contribution < -0.4 is 5.73 Å². The first-order valence-corrected chi connectivity index (χ1v) is 5.60. The molecule has 0 aliphatic heterocycles. The Bertz CT molecular complexity index is 456. The van der Waals surface area contributed by atoms with Crippen LogP contribution in [0.4, 0.5) is 0 Å². The van der Waals surface area contributed by atoms with Gasteiger partial charge >= 0.3 is 0 Å². The SMILES string of the molecule is CCc1ccc(C(N)c2coc(C)c2)cc1. The van der Waals surface area contributed by atoms with Crippen molar-refractivity contribution in [2.24, 2.45) is 5.73 Å². The third kappa shape index (κ3) is 2.17. The monoisotopic (exact) mass is 215 g/mol. The maximum Gasteiger partial charge on any atom is 0.101 e. The maximum absolute atomic E-state index is 6.16. The molecule has 0 saturated heterocycles. The number of furan rings is 1. The zero-order valence-corrected chi connectivity index (χ0v) is 9.73. The summed E-state index contributed by atoms with van der Waals surface area (Å²) >= 11 is 0. The third-order valence-corrected chi connectivity index (χ3v) is 2.86. The van der Waals surface area contributed by atoms with E-state index < -0.39 is 0 Å². The fraction of sp³-hybridized carbons (Fsp3) is 0.286. The zero-order valence-electron chi connectivity index (χ0n) is 9.73. The number of hydrogen-bond acceptors (Lipinski definition) is 2. The van der Waals surface area contributed by atoms with Crippen molar-refractivity contribution in [2.75, 3.05) is 0 Å². The largest absolute Gasteiger partial charge is 0.469 e. The molecule has 0 bridgehead atoms. The van der Waals surface area contributed by atoms with Gasteiger partial charge in [-0.2, -0.15) is 0 Å². The smallest absolute Gasteiger partial charge is 0.101 e. The summed E-state index contributed by atoms with van der Waals surface area (Å²) in [5, 5.41) is 0. The molecule has 84 valence electrons. The van der Waals surface area contributed by atoms with E-state index in [4.69, 9.17) is 10.2 Å². The molecule has 2 N–H and O–H groups in total. The van der Waals surface area contributed by atoms with Crippen molar-refractivity contribution >= 4 is 0 Å². The molecule has 2 aromatic rings. The molecule has 1 aromatic heterocycles. The van der Waals surface area contributed by atoms with E-state index in [1.165, 1.54) is 5.56 Å². The number of hydrogen-bond donors (Lipinski definition) is 1. The average molecular weight is 215 g/mol. The normalized spacial score (nSPS) is 12.7. The fourth-order valence-corrected chi connectivity index (χ4v) is 1.78. The molecule has 1 unspecified atom stereocenters. The molecule has 0 amide bonds. The van der Waals surface area contributed by atoms with Crippen molar-refractivity contribution in [1.82, 2.24) is 0 Å². The minimum atomic E-state index is -0.0941. The molecule has 0 fully saturated rings. The van der Waals surface area contributed by atoms with Gasteiger partial charge in [0.2, 0.25) is 0 Å². The lowest BCUT2D eigenvalue weighted by Gasteiger charge is -2.10. The van der Waals surface area contributed by atoms with Crippen molar-refractivity contribution in [3.8, 4) is 0 Å². The summed E-state index contributed by atoms with van der Waals surface area (Å²) in [5.74, 6) is 0.899. The minimum Gasteiger partial charge on any atom is -0.469 e. The first kappa shape index (κ1) is 11.0. The van der Waals surface area contributed by atoms with Crippen LogP contribution in [0.2, 0.25) is 0 Å². The molecular weight excluding hydrogens is 198 g/mol. The maximum atomic E-state index is 6.16. The molecule has 2 nitrogen and oxygen atoms in total. The van der Waals surface area contributed by atoms with Crippen LogP contribution in [0.5, 0.6) is 0 Å². The molecule has 2 heteroatoms. The highest BCUT2D eigenvalue weighted by Gasteiger charge is 2.10. The lowest BCUT2D eigenvalue weighted by molar-refractivity contribution is 0.530. The van der Waals surface area contributed by atoms with E-state index in [0.29, 0.717) is 0 Å². The van der Waals surface area contributed by atoms with E-state index in [1.54, 1.807) is 6.26 Å². The van der Waals surface area contributed by atoms with Crippen LogP contribution in [-0.2, 0) is 6.42 Å². The fourth-order valence-electron chi connectivity index (χ4n) is 1.78. The van der Waals surface area contributed by atoms with E-state index >= 15 is 0 Å². The van der Waals surface area contributed by atoms with Crippen LogP contribution in [0.15, 0.2) is 41.0 Å². The van der Waals surface area contributed by atoms with Crippen LogP contribution in [-0.4, -0.2) is 0 Å². The van der Waals surface area contributed by atoms with Gasteiger partial charge < -0.3 is 10.2 Å². The van der Waals surface area contributed by atoms with Gasteiger partial charge in [0.25, 0.3) is 0 Å². The number of nitrogens with two attached hydrogens (primary N) is 1. The van der Waals surface area contributed by atoms with Gasteiger partial charge in [0, 0.05) is 5.56 Å². The summed E-state index contributed by atoms with van der Waals surface area (Å²) in [4.78, 5) is 0. The van der Waals surface area contributed by atoms with Gasteiger partial charge in [-0.15, -0.1) is 0 Å². The highest BCUT2D eigenvalue weighted by atomic mass is 16.3. The second-order valence-electron chi connectivity index (χ2n) is 4.06. The molecule has 0 spiro atoms. The van der Waals surface area contributed by atoms with E-state index in [9.17, 15) is 0 Å². The Labute approximate surface area is 96.1 Å². The molecule has 1 aromatic carbocycles. The molecule has 0 radical (unpaired) electrons. The van der Waals surface area contributed by atoms with Crippen molar-refractivity contribution < 1.29 is 4.42 Å². The van der Waals surface area contributed by atoms with Crippen LogP contribution >= 0.6 is 0 Å². The second-order valence-corrected chi connectivity index (χ2v) is 4.06. The topological polar surface area (TPSA) is 39.2 Å². The number of benzene rings is 1. The van der Waals surface area contributed by atoms with Gasteiger partial charge in [0.1, 0.15) is 5.76 Å². The molecule has 0 aliphatic rings. The summed E-state index contributed by atoms with van der Waals surface area (Å²) < 4.78 is 5.27. The van der Waals surface area contributed by atoms with Crippen LogP contribution in [0, 0.1) is 6.92 Å². The Morgan fingerprint density at radius 3 is 2.38 bits per heavy atom. The Hall–Kier alpha value is -1.54. The van der Waals surface area contributed by atoms with Crippen LogP contribution in [0.1, 0.15) is 35.4 Å². The lowest BCUT2D eigenvalue weighted by Crippen LogP contribution is -2.10.